The molecular weight excluding hydrogens is 286 g/mol. The molecule has 0 saturated carbocycles. The number of benzene rings is 1. The first-order chi connectivity index (χ1) is 9.95. The van der Waals surface area contributed by atoms with E-state index < -0.39 is 21.5 Å². The summed E-state index contributed by atoms with van der Waals surface area (Å²) in [5, 5.41) is 2.68. The Morgan fingerprint density at radius 3 is 2.29 bits per heavy atom. The van der Waals surface area contributed by atoms with E-state index in [1.54, 1.807) is 24.3 Å². The summed E-state index contributed by atoms with van der Waals surface area (Å²) in [6, 6.07) is 6.56. The van der Waals surface area contributed by atoms with Crippen LogP contribution in [0.15, 0.2) is 29.2 Å². The molecule has 0 heterocycles. The minimum Gasteiger partial charge on any atom is -0.355 e. The topological polar surface area (TPSA) is 63.2 Å². The fraction of sp³-hybridized carbons (Fsp3) is 0.562. The third kappa shape index (κ3) is 6.76. The molecule has 0 unspecified atom stereocenters. The van der Waals surface area contributed by atoms with Gasteiger partial charge in [-0.3, -0.25) is 4.79 Å². The van der Waals surface area contributed by atoms with Crippen LogP contribution in [0.2, 0.25) is 0 Å². The molecule has 0 saturated heterocycles. The minimum absolute atomic E-state index is 0.200. The standard InChI is InChI=1S/C16H25NO3S/c1-3-4-5-6-7-12-17-16(18)13-21(19,20)15-10-8-14(2)9-11-15/h8-11H,3-7,12-13H2,1-2H3,(H,17,18). The summed E-state index contributed by atoms with van der Waals surface area (Å²) >= 11 is 0. The molecule has 0 fully saturated rings. The van der Waals surface area contributed by atoms with E-state index in [2.05, 4.69) is 12.2 Å². The van der Waals surface area contributed by atoms with Gasteiger partial charge < -0.3 is 5.32 Å². The molecule has 0 aliphatic heterocycles. The van der Waals surface area contributed by atoms with Crippen molar-refractivity contribution in [2.45, 2.75) is 50.8 Å². The van der Waals surface area contributed by atoms with Crippen molar-refractivity contribution in [2.75, 3.05) is 12.3 Å². The monoisotopic (exact) mass is 311 g/mol. The van der Waals surface area contributed by atoms with E-state index in [9.17, 15) is 13.2 Å². The number of amides is 1. The Morgan fingerprint density at radius 1 is 1.05 bits per heavy atom. The van der Waals surface area contributed by atoms with Crippen molar-refractivity contribution in [1.29, 1.82) is 0 Å². The second-order valence-corrected chi connectivity index (χ2v) is 7.33. The van der Waals surface area contributed by atoms with Crippen molar-refractivity contribution in [3.8, 4) is 0 Å². The zero-order chi connectivity index (χ0) is 15.7. The molecule has 0 aromatic heterocycles. The van der Waals surface area contributed by atoms with Gasteiger partial charge in [-0.05, 0) is 25.5 Å². The summed E-state index contributed by atoms with van der Waals surface area (Å²) < 4.78 is 24.1. The van der Waals surface area contributed by atoms with E-state index in [-0.39, 0.29) is 4.90 Å². The van der Waals surface area contributed by atoms with Gasteiger partial charge in [-0.2, -0.15) is 0 Å². The number of carbonyl (C=O) groups is 1. The van der Waals surface area contributed by atoms with Gasteiger partial charge in [0.25, 0.3) is 0 Å². The lowest BCUT2D eigenvalue weighted by Crippen LogP contribution is -2.31. The summed E-state index contributed by atoms with van der Waals surface area (Å²) in [5.41, 5.74) is 0.991. The third-order valence-electron chi connectivity index (χ3n) is 3.30. The largest absolute Gasteiger partial charge is 0.355 e. The number of hydrogen-bond acceptors (Lipinski definition) is 3. The van der Waals surface area contributed by atoms with Crippen molar-refractivity contribution in [2.24, 2.45) is 0 Å². The Morgan fingerprint density at radius 2 is 1.67 bits per heavy atom. The first kappa shape index (κ1) is 17.7. The lowest BCUT2D eigenvalue weighted by atomic mass is 10.1. The maximum absolute atomic E-state index is 12.1. The van der Waals surface area contributed by atoms with Gasteiger partial charge in [0, 0.05) is 6.54 Å². The first-order valence-corrected chi connectivity index (χ1v) is 9.17. The summed E-state index contributed by atoms with van der Waals surface area (Å²) in [6.07, 6.45) is 5.51. The molecule has 0 bridgehead atoms. The van der Waals surface area contributed by atoms with Crippen LogP contribution in [0.3, 0.4) is 0 Å². The van der Waals surface area contributed by atoms with Crippen molar-refractivity contribution in [3.63, 3.8) is 0 Å². The molecule has 118 valence electrons. The van der Waals surface area contributed by atoms with Crippen LogP contribution < -0.4 is 5.32 Å². The molecule has 1 rings (SSSR count). The molecule has 1 amide bonds. The van der Waals surface area contributed by atoms with Crippen LogP contribution >= 0.6 is 0 Å². The van der Waals surface area contributed by atoms with E-state index in [0.29, 0.717) is 6.54 Å². The molecule has 5 heteroatoms. The highest BCUT2D eigenvalue weighted by Crippen LogP contribution is 2.12. The summed E-state index contributed by atoms with van der Waals surface area (Å²) in [6.45, 7) is 4.59. The average molecular weight is 311 g/mol. The van der Waals surface area contributed by atoms with Crippen molar-refractivity contribution >= 4 is 15.7 Å². The molecule has 1 N–H and O–H groups in total. The van der Waals surface area contributed by atoms with Crippen LogP contribution in [0.1, 0.15) is 44.6 Å². The number of sulfone groups is 1. The highest BCUT2D eigenvalue weighted by Gasteiger charge is 2.18. The lowest BCUT2D eigenvalue weighted by Gasteiger charge is -2.07. The molecule has 0 radical (unpaired) electrons. The third-order valence-corrected chi connectivity index (χ3v) is 4.94. The predicted molar refractivity (Wildman–Crippen MR) is 85.0 cm³/mol. The second kappa shape index (κ2) is 8.82. The fourth-order valence-corrected chi connectivity index (χ4v) is 3.17. The summed E-state index contributed by atoms with van der Waals surface area (Å²) in [5.74, 6) is -0.906. The second-order valence-electron chi connectivity index (χ2n) is 5.34. The molecule has 0 aliphatic carbocycles. The molecule has 4 nitrogen and oxygen atoms in total. The smallest absolute Gasteiger partial charge is 0.235 e. The SMILES string of the molecule is CCCCCCCNC(=O)CS(=O)(=O)c1ccc(C)cc1. The average Bonchev–Trinajstić information content (AvgIpc) is 2.42. The van der Waals surface area contributed by atoms with Gasteiger partial charge in [0.05, 0.1) is 4.90 Å². The molecule has 0 aliphatic rings. The molecule has 0 atom stereocenters. The highest BCUT2D eigenvalue weighted by atomic mass is 32.2. The van der Waals surface area contributed by atoms with Crippen LogP contribution in [0, 0.1) is 6.92 Å². The molecule has 1 aromatic carbocycles. The minimum atomic E-state index is -3.54. The Bertz CT molecular complexity index is 535. The van der Waals surface area contributed by atoms with Gasteiger partial charge in [-0.15, -0.1) is 0 Å². The van der Waals surface area contributed by atoms with Crippen LogP contribution in [-0.2, 0) is 14.6 Å². The number of nitrogens with one attached hydrogen (secondary N) is 1. The molecular formula is C16H25NO3S. The van der Waals surface area contributed by atoms with Crippen LogP contribution in [-0.4, -0.2) is 26.6 Å². The van der Waals surface area contributed by atoms with Crippen molar-refractivity contribution in [3.05, 3.63) is 29.8 Å². The van der Waals surface area contributed by atoms with Crippen LogP contribution in [0.5, 0.6) is 0 Å². The van der Waals surface area contributed by atoms with Gasteiger partial charge in [0.1, 0.15) is 5.75 Å². The maximum atomic E-state index is 12.1. The Kier molecular flexibility index (Phi) is 7.43. The number of carbonyl (C=O) groups excluding carboxylic acids is 1. The number of aryl methyl sites for hydroxylation is 1. The number of unbranched alkanes of at least 4 members (excludes halogenated alkanes) is 4. The van der Waals surface area contributed by atoms with Gasteiger partial charge >= 0.3 is 0 Å². The summed E-state index contributed by atoms with van der Waals surface area (Å²) in [4.78, 5) is 11.9. The van der Waals surface area contributed by atoms with Gasteiger partial charge in [-0.1, -0.05) is 50.3 Å². The zero-order valence-electron chi connectivity index (χ0n) is 12.9. The summed E-state index contributed by atoms with van der Waals surface area (Å²) in [7, 11) is -3.54. The number of rotatable bonds is 9. The van der Waals surface area contributed by atoms with Crippen molar-refractivity contribution in [1.82, 2.24) is 5.32 Å². The Labute approximate surface area is 127 Å². The van der Waals surface area contributed by atoms with Crippen molar-refractivity contribution < 1.29 is 13.2 Å². The van der Waals surface area contributed by atoms with E-state index in [0.717, 1.165) is 24.8 Å². The molecule has 21 heavy (non-hydrogen) atoms. The predicted octanol–water partition coefficient (Wildman–Crippen LogP) is 2.86. The maximum Gasteiger partial charge on any atom is 0.235 e. The van der Waals surface area contributed by atoms with Crippen LogP contribution in [0.4, 0.5) is 0 Å². The van der Waals surface area contributed by atoms with Gasteiger partial charge in [-0.25, -0.2) is 8.42 Å². The van der Waals surface area contributed by atoms with E-state index in [4.69, 9.17) is 0 Å². The highest BCUT2D eigenvalue weighted by molar-refractivity contribution is 7.92. The van der Waals surface area contributed by atoms with Gasteiger partial charge in [0.15, 0.2) is 9.84 Å². The normalized spacial score (nSPS) is 11.3. The Hall–Kier alpha value is -1.36. The van der Waals surface area contributed by atoms with Gasteiger partial charge in [0.2, 0.25) is 5.91 Å². The Balaban J connectivity index is 2.38. The van der Waals surface area contributed by atoms with Crippen LogP contribution in [0.25, 0.3) is 0 Å². The van der Waals surface area contributed by atoms with E-state index in [1.165, 1.54) is 12.8 Å². The first-order valence-electron chi connectivity index (χ1n) is 7.52. The fourth-order valence-electron chi connectivity index (χ4n) is 2.01. The lowest BCUT2D eigenvalue weighted by molar-refractivity contribution is -0.118. The van der Waals surface area contributed by atoms with E-state index >= 15 is 0 Å². The quantitative estimate of drug-likeness (QED) is 0.713. The number of hydrogen-bond donors (Lipinski definition) is 1. The molecule has 1 aromatic rings. The zero-order valence-corrected chi connectivity index (χ0v) is 13.7. The van der Waals surface area contributed by atoms with E-state index in [1.807, 2.05) is 6.92 Å². The molecule has 0 spiro atoms.